The van der Waals surface area contributed by atoms with Crippen molar-refractivity contribution in [3.05, 3.63) is 54.0 Å². The van der Waals surface area contributed by atoms with Crippen LogP contribution in [-0.4, -0.2) is 68.9 Å². The molecule has 0 unspecified atom stereocenters. The Morgan fingerprint density at radius 1 is 1.25 bits per heavy atom. The number of amides is 2. The molecule has 10 nitrogen and oxygen atoms in total. The van der Waals surface area contributed by atoms with Crippen molar-refractivity contribution < 1.29 is 9.59 Å². The molecule has 0 saturated carbocycles. The number of carbonyl (C=O) groups is 2. The van der Waals surface area contributed by atoms with E-state index in [0.29, 0.717) is 12.3 Å². The molecule has 0 bridgehead atoms. The highest BCUT2D eigenvalue weighted by atomic mass is 32.2. The van der Waals surface area contributed by atoms with Gasteiger partial charge < -0.3 is 15.1 Å². The fraction of sp³-hybridized carbons (Fsp3) is 0.333. The van der Waals surface area contributed by atoms with Crippen molar-refractivity contribution in [1.29, 1.82) is 0 Å². The van der Waals surface area contributed by atoms with Crippen molar-refractivity contribution in [2.45, 2.75) is 23.9 Å². The van der Waals surface area contributed by atoms with Crippen LogP contribution in [0.5, 0.6) is 0 Å². The maximum absolute atomic E-state index is 13.0. The zero-order valence-corrected chi connectivity index (χ0v) is 18.3. The van der Waals surface area contributed by atoms with E-state index in [2.05, 4.69) is 30.6 Å². The molecule has 5 rings (SSSR count). The van der Waals surface area contributed by atoms with Crippen molar-refractivity contribution in [1.82, 2.24) is 30.5 Å². The first-order valence-corrected chi connectivity index (χ1v) is 11.3. The summed E-state index contributed by atoms with van der Waals surface area (Å²) in [5, 5.41) is 14.7. The second-order valence-corrected chi connectivity index (χ2v) is 8.78. The smallest absolute Gasteiger partial charge is 0.293 e. The van der Waals surface area contributed by atoms with Crippen LogP contribution in [0.15, 0.2) is 47.5 Å². The molecule has 3 aromatic rings. The number of likely N-dealkylation sites (N-methyl/N-ethyl adjacent to an activating group) is 1. The highest BCUT2D eigenvalue weighted by Crippen LogP contribution is 2.36. The van der Waals surface area contributed by atoms with Crippen LogP contribution < -0.4 is 15.1 Å². The molecule has 1 atom stereocenters. The Bertz CT molecular complexity index is 1150. The van der Waals surface area contributed by atoms with Crippen molar-refractivity contribution in [3.8, 4) is 0 Å². The Labute approximate surface area is 189 Å². The number of nitrogens with zero attached hydrogens (tertiary/aromatic N) is 7. The van der Waals surface area contributed by atoms with Crippen molar-refractivity contribution in [2.75, 3.05) is 35.7 Å². The first-order chi connectivity index (χ1) is 15.6. The molecule has 2 amide bonds. The summed E-state index contributed by atoms with van der Waals surface area (Å²) in [6, 6.07) is 11.0. The number of carbonyl (C=O) groups excluding carboxylic acids is 2. The van der Waals surface area contributed by atoms with Crippen LogP contribution in [0, 0.1) is 0 Å². The number of thioether (sulfide) groups is 1. The summed E-state index contributed by atoms with van der Waals surface area (Å²) in [5.41, 5.74) is 1.74. The largest absolute Gasteiger partial charge is 0.356 e. The number of pyridine rings is 1. The highest BCUT2D eigenvalue weighted by molar-refractivity contribution is 7.99. The summed E-state index contributed by atoms with van der Waals surface area (Å²) in [7, 11) is 1.70. The molecule has 11 heteroatoms. The number of fused-ring (bicyclic) bond motifs is 1. The molecule has 164 valence electrons. The molecular formula is C21H22N8O2S. The molecule has 2 aliphatic rings. The minimum atomic E-state index is -0.710. The lowest BCUT2D eigenvalue weighted by atomic mass is 10.2. The van der Waals surface area contributed by atoms with Crippen LogP contribution in [0.1, 0.15) is 22.6 Å². The van der Waals surface area contributed by atoms with Gasteiger partial charge in [0.15, 0.2) is 0 Å². The van der Waals surface area contributed by atoms with Crippen molar-refractivity contribution >= 4 is 35.1 Å². The molecule has 0 spiro atoms. The Balaban J connectivity index is 1.27. The van der Waals surface area contributed by atoms with E-state index < -0.39 is 11.9 Å². The van der Waals surface area contributed by atoms with Crippen LogP contribution in [0.3, 0.4) is 0 Å². The van der Waals surface area contributed by atoms with Gasteiger partial charge in [-0.05, 0) is 23.3 Å². The SMILES string of the molecule is CN1C(=O)[C@@H](NC(=O)c2nnn(Cc3ccccc3)n2)CSc2cc(N3CCC3)ncc21. The van der Waals surface area contributed by atoms with Gasteiger partial charge in [0.05, 0.1) is 18.4 Å². The number of hydrogen-bond donors (Lipinski definition) is 1. The number of rotatable bonds is 5. The van der Waals surface area contributed by atoms with Crippen molar-refractivity contribution in [3.63, 3.8) is 0 Å². The summed E-state index contributed by atoms with van der Waals surface area (Å²) in [4.78, 5) is 36.3. The third-order valence-corrected chi connectivity index (χ3v) is 6.67. The van der Waals surface area contributed by atoms with Gasteiger partial charge in [0.25, 0.3) is 11.7 Å². The molecular weight excluding hydrogens is 428 g/mol. The normalized spacial score (nSPS) is 18.0. The molecule has 1 saturated heterocycles. The summed E-state index contributed by atoms with van der Waals surface area (Å²) >= 11 is 1.53. The van der Waals surface area contributed by atoms with Crippen LogP contribution >= 0.6 is 11.8 Å². The standard InChI is InChI=1S/C21H22N8O2S/c1-27-16-11-22-18(28-8-5-9-28)10-17(16)32-13-15(21(27)31)23-20(30)19-24-26-29(25-19)12-14-6-3-2-4-7-14/h2-4,6-7,10-11,15H,5,8-9,12-13H2,1H3,(H,23,30)/t15-/m0/s1. The Hall–Kier alpha value is -3.47. The lowest BCUT2D eigenvalue weighted by Gasteiger charge is -2.32. The van der Waals surface area contributed by atoms with Gasteiger partial charge >= 0.3 is 0 Å². The predicted molar refractivity (Wildman–Crippen MR) is 120 cm³/mol. The van der Waals surface area contributed by atoms with Gasteiger partial charge in [-0.3, -0.25) is 9.59 Å². The number of tetrazole rings is 1. The Kier molecular flexibility index (Phi) is 5.48. The van der Waals surface area contributed by atoms with E-state index in [0.717, 1.165) is 35.1 Å². The van der Waals surface area contributed by atoms with Crippen LogP contribution in [0.25, 0.3) is 0 Å². The van der Waals surface area contributed by atoms with Gasteiger partial charge in [-0.1, -0.05) is 30.3 Å². The number of aromatic nitrogens is 5. The monoisotopic (exact) mass is 450 g/mol. The van der Waals surface area contributed by atoms with Crippen LogP contribution in [-0.2, 0) is 11.3 Å². The first-order valence-electron chi connectivity index (χ1n) is 10.4. The summed E-state index contributed by atoms with van der Waals surface area (Å²) in [6.45, 7) is 2.41. The lowest BCUT2D eigenvalue weighted by Crippen LogP contribution is -2.48. The van der Waals surface area contributed by atoms with E-state index in [4.69, 9.17) is 0 Å². The summed E-state index contributed by atoms with van der Waals surface area (Å²) in [6.07, 6.45) is 2.90. The van der Waals surface area contributed by atoms with Gasteiger partial charge in [0.1, 0.15) is 11.9 Å². The maximum Gasteiger partial charge on any atom is 0.293 e. The minimum Gasteiger partial charge on any atom is -0.356 e. The first kappa shape index (κ1) is 20.4. The second-order valence-electron chi connectivity index (χ2n) is 7.71. The zero-order chi connectivity index (χ0) is 22.1. The van der Waals surface area contributed by atoms with Gasteiger partial charge in [-0.15, -0.1) is 22.0 Å². The topological polar surface area (TPSA) is 109 Å². The Morgan fingerprint density at radius 2 is 2.06 bits per heavy atom. The average Bonchev–Trinajstić information content (AvgIpc) is 3.20. The quantitative estimate of drug-likeness (QED) is 0.618. The fourth-order valence-electron chi connectivity index (χ4n) is 3.58. The molecule has 4 heterocycles. The van der Waals surface area contributed by atoms with Gasteiger partial charge in [-0.2, -0.15) is 4.80 Å². The van der Waals surface area contributed by atoms with E-state index in [1.807, 2.05) is 36.4 Å². The maximum atomic E-state index is 13.0. The minimum absolute atomic E-state index is 0.0649. The molecule has 32 heavy (non-hydrogen) atoms. The van der Waals surface area contributed by atoms with Crippen LogP contribution in [0.4, 0.5) is 11.5 Å². The number of anilines is 2. The van der Waals surface area contributed by atoms with E-state index in [9.17, 15) is 9.59 Å². The lowest BCUT2D eigenvalue weighted by molar-refractivity contribution is -0.119. The fourth-order valence-corrected chi connectivity index (χ4v) is 4.67. The van der Waals surface area contributed by atoms with E-state index in [1.54, 1.807) is 18.1 Å². The van der Waals surface area contributed by atoms with E-state index >= 15 is 0 Å². The van der Waals surface area contributed by atoms with Gasteiger partial charge in [0.2, 0.25) is 5.91 Å². The molecule has 1 N–H and O–H groups in total. The number of nitrogens with one attached hydrogen (secondary N) is 1. The third-order valence-electron chi connectivity index (χ3n) is 5.54. The Morgan fingerprint density at radius 3 is 2.81 bits per heavy atom. The summed E-state index contributed by atoms with van der Waals surface area (Å²) in [5.74, 6) is 0.528. The second kappa shape index (κ2) is 8.58. The van der Waals surface area contributed by atoms with Gasteiger partial charge in [0, 0.05) is 30.8 Å². The molecule has 0 aliphatic carbocycles. The van der Waals surface area contributed by atoms with E-state index in [-0.39, 0.29) is 11.7 Å². The molecule has 1 aromatic carbocycles. The third kappa shape index (κ3) is 4.03. The number of hydrogen-bond acceptors (Lipinski definition) is 8. The molecule has 2 aromatic heterocycles. The highest BCUT2D eigenvalue weighted by Gasteiger charge is 2.32. The predicted octanol–water partition coefficient (Wildman–Crippen LogP) is 1.19. The van der Waals surface area contributed by atoms with E-state index in [1.165, 1.54) is 23.0 Å². The van der Waals surface area contributed by atoms with Gasteiger partial charge in [-0.25, -0.2) is 4.98 Å². The van der Waals surface area contributed by atoms with Crippen molar-refractivity contribution in [2.24, 2.45) is 0 Å². The molecule has 2 aliphatic heterocycles. The van der Waals surface area contributed by atoms with Crippen LogP contribution in [0.2, 0.25) is 0 Å². The average molecular weight is 451 g/mol. The summed E-state index contributed by atoms with van der Waals surface area (Å²) < 4.78 is 0. The molecule has 0 radical (unpaired) electrons. The zero-order valence-electron chi connectivity index (χ0n) is 17.5. The molecule has 1 fully saturated rings. The number of benzene rings is 1.